The lowest BCUT2D eigenvalue weighted by Gasteiger charge is -1.93. The Morgan fingerprint density at radius 2 is 2.33 bits per heavy atom. The van der Waals surface area contributed by atoms with E-state index in [0.29, 0.717) is 13.1 Å². The van der Waals surface area contributed by atoms with Gasteiger partial charge in [0.1, 0.15) is 0 Å². The highest BCUT2D eigenvalue weighted by Crippen LogP contribution is 2.16. The molecule has 0 unspecified atom stereocenters. The zero-order valence-corrected chi connectivity index (χ0v) is 6.13. The number of halogens is 2. The Morgan fingerprint density at radius 3 is 2.83 bits per heavy atom. The van der Waals surface area contributed by atoms with Gasteiger partial charge in [0, 0.05) is 13.1 Å². The second-order valence-electron chi connectivity index (χ2n) is 1.97. The molecule has 0 atom stereocenters. The number of hydrogen-bond acceptors (Lipinski definition) is 5. The summed E-state index contributed by atoms with van der Waals surface area (Å²) in [6.45, 7) is 0.792. The standard InChI is InChI=1S/C5H8F2N4O/c6-3(7)4-10-5(11-12-4)9-2-1-8/h3H,1-2,8H2,(H,9,11). The number of aromatic nitrogens is 2. The van der Waals surface area contributed by atoms with Crippen molar-refractivity contribution in [1.29, 1.82) is 0 Å². The van der Waals surface area contributed by atoms with E-state index in [2.05, 4.69) is 20.0 Å². The SMILES string of the molecule is NCCNc1noc(C(F)F)n1. The van der Waals surface area contributed by atoms with Gasteiger partial charge in [0.15, 0.2) is 0 Å². The van der Waals surface area contributed by atoms with Crippen molar-refractivity contribution in [2.45, 2.75) is 6.43 Å². The summed E-state index contributed by atoms with van der Waals surface area (Å²) in [5.41, 5.74) is 5.15. The van der Waals surface area contributed by atoms with Crippen molar-refractivity contribution in [3.63, 3.8) is 0 Å². The number of nitrogens with two attached hydrogens (primary N) is 1. The molecular weight excluding hydrogens is 170 g/mol. The Bertz CT molecular complexity index is 239. The highest BCUT2D eigenvalue weighted by Gasteiger charge is 2.15. The van der Waals surface area contributed by atoms with Crippen molar-refractivity contribution in [2.24, 2.45) is 5.73 Å². The molecule has 0 saturated carbocycles. The largest absolute Gasteiger partial charge is 0.350 e. The molecule has 1 rings (SSSR count). The summed E-state index contributed by atoms with van der Waals surface area (Å²) in [6, 6.07) is 0. The highest BCUT2D eigenvalue weighted by atomic mass is 19.3. The first-order valence-electron chi connectivity index (χ1n) is 3.29. The van der Waals surface area contributed by atoms with Crippen molar-refractivity contribution in [2.75, 3.05) is 18.4 Å². The van der Waals surface area contributed by atoms with Gasteiger partial charge in [0.2, 0.25) is 0 Å². The first-order chi connectivity index (χ1) is 5.74. The fourth-order valence-corrected chi connectivity index (χ4v) is 0.580. The molecule has 1 heterocycles. The van der Waals surface area contributed by atoms with E-state index in [4.69, 9.17) is 5.73 Å². The minimum absolute atomic E-state index is 0.0377. The minimum atomic E-state index is -2.73. The van der Waals surface area contributed by atoms with Crippen LogP contribution in [0.25, 0.3) is 0 Å². The fourth-order valence-electron chi connectivity index (χ4n) is 0.580. The lowest BCUT2D eigenvalue weighted by Crippen LogP contribution is -2.13. The molecule has 0 bridgehead atoms. The fraction of sp³-hybridized carbons (Fsp3) is 0.600. The van der Waals surface area contributed by atoms with E-state index in [-0.39, 0.29) is 5.95 Å². The Balaban J connectivity index is 2.52. The monoisotopic (exact) mass is 178 g/mol. The Morgan fingerprint density at radius 1 is 1.58 bits per heavy atom. The van der Waals surface area contributed by atoms with Crippen LogP contribution >= 0.6 is 0 Å². The van der Waals surface area contributed by atoms with E-state index in [1.54, 1.807) is 0 Å². The van der Waals surface area contributed by atoms with Gasteiger partial charge >= 0.3 is 6.43 Å². The van der Waals surface area contributed by atoms with Gasteiger partial charge in [0.25, 0.3) is 11.8 Å². The van der Waals surface area contributed by atoms with E-state index in [0.717, 1.165) is 0 Å². The van der Waals surface area contributed by atoms with Crippen LogP contribution in [0.4, 0.5) is 14.7 Å². The molecule has 5 nitrogen and oxygen atoms in total. The van der Waals surface area contributed by atoms with Crippen LogP contribution in [0.2, 0.25) is 0 Å². The van der Waals surface area contributed by atoms with Crippen molar-refractivity contribution in [3.8, 4) is 0 Å². The van der Waals surface area contributed by atoms with Crippen LogP contribution in [-0.4, -0.2) is 23.2 Å². The summed E-state index contributed by atoms with van der Waals surface area (Å²) in [5, 5.41) is 5.84. The van der Waals surface area contributed by atoms with Crippen LogP contribution in [0.15, 0.2) is 4.52 Å². The predicted molar refractivity (Wildman–Crippen MR) is 36.8 cm³/mol. The quantitative estimate of drug-likeness (QED) is 0.696. The molecule has 0 spiro atoms. The van der Waals surface area contributed by atoms with E-state index < -0.39 is 12.3 Å². The number of anilines is 1. The molecule has 0 aromatic carbocycles. The molecule has 0 radical (unpaired) electrons. The summed E-state index contributed by atoms with van der Waals surface area (Å²) in [7, 11) is 0. The zero-order chi connectivity index (χ0) is 8.97. The molecule has 0 amide bonds. The maximum absolute atomic E-state index is 11.9. The number of rotatable bonds is 4. The number of hydrogen-bond donors (Lipinski definition) is 2. The van der Waals surface area contributed by atoms with Crippen molar-refractivity contribution in [1.82, 2.24) is 10.1 Å². The van der Waals surface area contributed by atoms with Gasteiger partial charge in [0.05, 0.1) is 0 Å². The first kappa shape index (κ1) is 8.85. The van der Waals surface area contributed by atoms with Gasteiger partial charge in [-0.3, -0.25) is 0 Å². The number of alkyl halides is 2. The van der Waals surface area contributed by atoms with Crippen LogP contribution in [0, 0.1) is 0 Å². The number of nitrogens with zero attached hydrogens (tertiary/aromatic N) is 2. The van der Waals surface area contributed by atoms with Crippen LogP contribution in [0.3, 0.4) is 0 Å². The highest BCUT2D eigenvalue weighted by molar-refractivity contribution is 5.20. The third-order valence-corrected chi connectivity index (χ3v) is 1.06. The zero-order valence-electron chi connectivity index (χ0n) is 6.13. The summed E-state index contributed by atoms with van der Waals surface area (Å²) in [4.78, 5) is 3.35. The molecule has 0 aliphatic heterocycles. The number of nitrogens with one attached hydrogen (secondary N) is 1. The molecule has 7 heteroatoms. The average molecular weight is 178 g/mol. The summed E-state index contributed by atoms with van der Waals surface area (Å²) >= 11 is 0. The van der Waals surface area contributed by atoms with Gasteiger partial charge in [-0.15, -0.1) is 0 Å². The van der Waals surface area contributed by atoms with Crippen LogP contribution < -0.4 is 11.1 Å². The molecule has 3 N–H and O–H groups in total. The normalized spacial score (nSPS) is 10.7. The van der Waals surface area contributed by atoms with Crippen molar-refractivity contribution < 1.29 is 13.3 Å². The third kappa shape index (κ3) is 2.12. The molecule has 12 heavy (non-hydrogen) atoms. The Kier molecular flexibility index (Phi) is 2.92. The molecule has 0 aliphatic rings. The molecule has 0 saturated heterocycles. The van der Waals surface area contributed by atoms with Gasteiger partial charge in [-0.2, -0.15) is 13.8 Å². The van der Waals surface area contributed by atoms with Crippen molar-refractivity contribution >= 4 is 5.95 Å². The second kappa shape index (κ2) is 3.96. The molecule has 0 fully saturated rings. The maximum Gasteiger partial charge on any atom is 0.316 e. The van der Waals surface area contributed by atoms with Gasteiger partial charge in [-0.05, 0) is 5.16 Å². The van der Waals surface area contributed by atoms with Gasteiger partial charge in [-0.25, -0.2) is 0 Å². The smallest absolute Gasteiger partial charge is 0.316 e. The lowest BCUT2D eigenvalue weighted by molar-refractivity contribution is 0.106. The summed E-state index contributed by atoms with van der Waals surface area (Å²) < 4.78 is 27.9. The second-order valence-corrected chi connectivity index (χ2v) is 1.97. The first-order valence-corrected chi connectivity index (χ1v) is 3.29. The van der Waals surface area contributed by atoms with Gasteiger partial charge < -0.3 is 15.6 Å². The molecule has 0 aliphatic carbocycles. The topological polar surface area (TPSA) is 77.0 Å². The van der Waals surface area contributed by atoms with E-state index in [1.807, 2.05) is 0 Å². The predicted octanol–water partition coefficient (Wildman–Crippen LogP) is 0.378. The van der Waals surface area contributed by atoms with Crippen LogP contribution in [0.1, 0.15) is 12.3 Å². The van der Waals surface area contributed by atoms with Crippen molar-refractivity contribution in [3.05, 3.63) is 5.89 Å². The van der Waals surface area contributed by atoms with Crippen LogP contribution in [-0.2, 0) is 0 Å². The van der Waals surface area contributed by atoms with E-state index in [9.17, 15) is 8.78 Å². The Hall–Kier alpha value is -1.24. The Labute approximate surface area is 66.9 Å². The maximum atomic E-state index is 11.9. The van der Waals surface area contributed by atoms with Crippen LogP contribution in [0.5, 0.6) is 0 Å². The lowest BCUT2D eigenvalue weighted by atomic mass is 10.6. The minimum Gasteiger partial charge on any atom is -0.350 e. The summed E-state index contributed by atoms with van der Waals surface area (Å²) in [5.74, 6) is -0.648. The summed E-state index contributed by atoms with van der Waals surface area (Å²) in [6.07, 6.45) is -2.73. The molecule has 68 valence electrons. The average Bonchev–Trinajstić information content (AvgIpc) is 2.48. The third-order valence-electron chi connectivity index (χ3n) is 1.06. The molecular formula is C5H8F2N4O. The van der Waals surface area contributed by atoms with E-state index >= 15 is 0 Å². The van der Waals surface area contributed by atoms with E-state index in [1.165, 1.54) is 0 Å². The van der Waals surface area contributed by atoms with Gasteiger partial charge in [-0.1, -0.05) is 0 Å². The molecule has 1 aromatic heterocycles. The molecule has 1 aromatic rings.